The van der Waals surface area contributed by atoms with Crippen LogP contribution in [0.15, 0.2) is 18.2 Å². The number of amides is 1. The summed E-state index contributed by atoms with van der Waals surface area (Å²) in [4.78, 5) is 15.6. The fraction of sp³-hybridized carbons (Fsp3) is 0.182. The van der Waals surface area contributed by atoms with Gasteiger partial charge in [-0.25, -0.2) is 9.37 Å². The van der Waals surface area contributed by atoms with Crippen molar-refractivity contribution in [3.63, 3.8) is 0 Å². The third-order valence-electron chi connectivity index (χ3n) is 2.22. The summed E-state index contributed by atoms with van der Waals surface area (Å²) < 4.78 is 18.4. The van der Waals surface area contributed by atoms with Crippen LogP contribution in [0.1, 0.15) is 16.4 Å². The molecule has 1 aromatic carbocycles. The van der Waals surface area contributed by atoms with Gasteiger partial charge in [0.05, 0.1) is 12.8 Å². The van der Waals surface area contributed by atoms with Crippen LogP contribution in [-0.2, 0) is 0 Å². The van der Waals surface area contributed by atoms with Crippen LogP contribution in [0.5, 0.6) is 5.75 Å². The number of nitrogens with zero attached hydrogens (tertiary/aromatic N) is 2. The molecule has 0 radical (unpaired) electrons. The number of hydrogen-bond acceptors (Lipinski definition) is 4. The lowest BCUT2D eigenvalue weighted by atomic mass is 10.3. The Bertz CT molecular complexity index is 582. The maximum Gasteiger partial charge on any atom is 0.295 e. The number of ether oxygens (including phenoxy) is 1. The molecule has 0 spiro atoms. The first-order valence-electron chi connectivity index (χ1n) is 5.14. The van der Waals surface area contributed by atoms with Gasteiger partial charge in [-0.3, -0.25) is 9.89 Å². The van der Waals surface area contributed by atoms with E-state index in [9.17, 15) is 9.18 Å². The van der Waals surface area contributed by atoms with E-state index in [2.05, 4.69) is 20.5 Å². The van der Waals surface area contributed by atoms with Crippen molar-refractivity contribution < 1.29 is 13.9 Å². The van der Waals surface area contributed by atoms with Gasteiger partial charge in [-0.15, -0.1) is 5.10 Å². The molecule has 1 aromatic heterocycles. The average Bonchev–Trinajstić information content (AvgIpc) is 2.79. The Morgan fingerprint density at radius 3 is 2.89 bits per heavy atom. The first-order valence-corrected chi connectivity index (χ1v) is 5.14. The molecule has 94 valence electrons. The molecule has 0 aliphatic rings. The first kappa shape index (κ1) is 12.0. The summed E-state index contributed by atoms with van der Waals surface area (Å²) in [5, 5.41) is 8.59. The van der Waals surface area contributed by atoms with Crippen molar-refractivity contribution in [1.82, 2.24) is 15.2 Å². The Labute approximate surface area is 102 Å². The molecule has 2 aromatic rings. The van der Waals surface area contributed by atoms with Crippen LogP contribution in [0.2, 0.25) is 0 Å². The number of rotatable bonds is 3. The second kappa shape index (κ2) is 4.82. The zero-order chi connectivity index (χ0) is 13.1. The lowest BCUT2D eigenvalue weighted by molar-refractivity contribution is 0.101. The van der Waals surface area contributed by atoms with Gasteiger partial charge in [-0.2, -0.15) is 0 Å². The monoisotopic (exact) mass is 250 g/mol. The minimum absolute atomic E-state index is 0.0156. The average molecular weight is 250 g/mol. The predicted octanol–water partition coefficient (Wildman–Crippen LogP) is 1.51. The van der Waals surface area contributed by atoms with E-state index < -0.39 is 11.7 Å². The fourth-order valence-electron chi connectivity index (χ4n) is 1.35. The fourth-order valence-corrected chi connectivity index (χ4v) is 1.35. The minimum Gasteiger partial charge on any atom is -0.497 e. The Morgan fingerprint density at radius 2 is 2.28 bits per heavy atom. The van der Waals surface area contributed by atoms with Crippen molar-refractivity contribution in [2.45, 2.75) is 6.92 Å². The number of H-pyrrole nitrogens is 1. The summed E-state index contributed by atoms with van der Waals surface area (Å²) in [6, 6.07) is 4.05. The van der Waals surface area contributed by atoms with Crippen LogP contribution >= 0.6 is 0 Å². The van der Waals surface area contributed by atoms with E-state index in [4.69, 9.17) is 4.74 Å². The molecular weight excluding hydrogens is 239 g/mol. The van der Waals surface area contributed by atoms with Gasteiger partial charge >= 0.3 is 0 Å². The zero-order valence-electron chi connectivity index (χ0n) is 9.82. The maximum atomic E-state index is 13.5. The highest BCUT2D eigenvalue weighted by molar-refractivity contribution is 6.01. The molecular formula is C11H11FN4O2. The van der Waals surface area contributed by atoms with Gasteiger partial charge < -0.3 is 10.1 Å². The number of benzene rings is 1. The van der Waals surface area contributed by atoms with Gasteiger partial charge in [-0.1, -0.05) is 0 Å². The number of aromatic nitrogens is 3. The van der Waals surface area contributed by atoms with Gasteiger partial charge in [0.1, 0.15) is 17.4 Å². The molecule has 2 rings (SSSR count). The van der Waals surface area contributed by atoms with Crippen molar-refractivity contribution in [3.8, 4) is 5.75 Å². The molecule has 0 bridgehead atoms. The van der Waals surface area contributed by atoms with E-state index >= 15 is 0 Å². The van der Waals surface area contributed by atoms with Gasteiger partial charge in [-0.05, 0) is 19.1 Å². The number of aromatic amines is 1. The molecule has 0 saturated carbocycles. The van der Waals surface area contributed by atoms with Gasteiger partial charge in [0.15, 0.2) is 0 Å². The Balaban J connectivity index is 2.21. The molecule has 7 heteroatoms. The zero-order valence-corrected chi connectivity index (χ0v) is 9.82. The summed E-state index contributed by atoms with van der Waals surface area (Å²) >= 11 is 0. The van der Waals surface area contributed by atoms with E-state index in [0.29, 0.717) is 11.6 Å². The van der Waals surface area contributed by atoms with E-state index in [-0.39, 0.29) is 11.5 Å². The number of aryl methyl sites for hydroxylation is 1. The van der Waals surface area contributed by atoms with Crippen LogP contribution in [0.25, 0.3) is 0 Å². The summed E-state index contributed by atoms with van der Waals surface area (Å²) in [6.45, 7) is 1.66. The van der Waals surface area contributed by atoms with E-state index in [0.717, 1.165) is 0 Å². The quantitative estimate of drug-likeness (QED) is 0.865. The minimum atomic E-state index is -0.591. The number of carbonyl (C=O) groups excluding carboxylic acids is 1. The first-order chi connectivity index (χ1) is 8.60. The number of carbonyl (C=O) groups is 1. The molecule has 0 aliphatic heterocycles. The van der Waals surface area contributed by atoms with Crippen LogP contribution in [0, 0.1) is 12.7 Å². The number of nitrogens with one attached hydrogen (secondary N) is 2. The van der Waals surface area contributed by atoms with Crippen LogP contribution in [0.3, 0.4) is 0 Å². The Morgan fingerprint density at radius 1 is 1.50 bits per heavy atom. The van der Waals surface area contributed by atoms with Crippen LogP contribution < -0.4 is 10.1 Å². The summed E-state index contributed by atoms with van der Waals surface area (Å²) in [5.74, 6) is -0.248. The molecule has 1 heterocycles. The van der Waals surface area contributed by atoms with Crippen molar-refractivity contribution >= 4 is 11.6 Å². The van der Waals surface area contributed by atoms with Crippen LogP contribution in [-0.4, -0.2) is 28.2 Å². The van der Waals surface area contributed by atoms with Gasteiger partial charge in [0, 0.05) is 6.07 Å². The molecule has 0 fully saturated rings. The third-order valence-corrected chi connectivity index (χ3v) is 2.22. The van der Waals surface area contributed by atoms with Crippen LogP contribution in [0.4, 0.5) is 10.1 Å². The molecule has 1 amide bonds. The molecule has 6 nitrogen and oxygen atoms in total. The Hall–Kier alpha value is -2.44. The van der Waals surface area contributed by atoms with Crippen molar-refractivity contribution in [3.05, 3.63) is 35.7 Å². The SMILES string of the molecule is COc1ccc(F)c(NC(=O)c2n[nH]c(C)n2)c1. The van der Waals surface area contributed by atoms with E-state index in [1.807, 2.05) is 0 Å². The van der Waals surface area contributed by atoms with Crippen molar-refractivity contribution in [1.29, 1.82) is 0 Å². The summed E-state index contributed by atoms with van der Waals surface area (Å²) in [7, 11) is 1.46. The second-order valence-electron chi connectivity index (χ2n) is 3.54. The third kappa shape index (κ3) is 2.45. The normalized spacial score (nSPS) is 10.2. The highest BCUT2D eigenvalue weighted by Crippen LogP contribution is 2.21. The number of hydrogen-bond donors (Lipinski definition) is 2. The molecule has 2 N–H and O–H groups in total. The predicted molar refractivity (Wildman–Crippen MR) is 62.0 cm³/mol. The smallest absolute Gasteiger partial charge is 0.295 e. The molecule has 0 unspecified atom stereocenters. The lowest BCUT2D eigenvalue weighted by Gasteiger charge is -2.06. The van der Waals surface area contributed by atoms with Gasteiger partial charge in [0.2, 0.25) is 5.82 Å². The number of methoxy groups -OCH3 is 1. The van der Waals surface area contributed by atoms with E-state index in [1.165, 1.54) is 25.3 Å². The lowest BCUT2D eigenvalue weighted by Crippen LogP contribution is -2.14. The largest absolute Gasteiger partial charge is 0.497 e. The molecule has 0 atom stereocenters. The second-order valence-corrected chi connectivity index (χ2v) is 3.54. The maximum absolute atomic E-state index is 13.5. The van der Waals surface area contributed by atoms with Gasteiger partial charge in [0.25, 0.3) is 5.91 Å². The summed E-state index contributed by atoms with van der Waals surface area (Å²) in [5.41, 5.74) is 0.0156. The number of anilines is 1. The standard InChI is InChI=1S/C11H11FN4O2/c1-6-13-10(16-15-6)11(17)14-9-5-7(18-2)3-4-8(9)12/h3-5H,1-2H3,(H,14,17)(H,13,15,16). The molecule has 0 saturated heterocycles. The topological polar surface area (TPSA) is 79.9 Å². The Kier molecular flexibility index (Phi) is 3.22. The highest BCUT2D eigenvalue weighted by atomic mass is 19.1. The highest BCUT2D eigenvalue weighted by Gasteiger charge is 2.14. The number of halogens is 1. The van der Waals surface area contributed by atoms with Crippen molar-refractivity contribution in [2.24, 2.45) is 0 Å². The molecule has 18 heavy (non-hydrogen) atoms. The van der Waals surface area contributed by atoms with E-state index in [1.54, 1.807) is 6.92 Å². The van der Waals surface area contributed by atoms with Crippen molar-refractivity contribution in [2.75, 3.05) is 12.4 Å². The summed E-state index contributed by atoms with van der Waals surface area (Å²) in [6.07, 6.45) is 0. The molecule has 0 aliphatic carbocycles.